The zero-order chi connectivity index (χ0) is 14.0. The number of amides is 1. The first-order valence-corrected chi connectivity index (χ1v) is 5.74. The van der Waals surface area contributed by atoms with E-state index in [4.69, 9.17) is 4.84 Å². The smallest absolute Gasteiger partial charge is 0.257 e. The number of hydrogen-bond donors (Lipinski definition) is 0. The highest BCUT2D eigenvalue weighted by Gasteiger charge is 2.37. The van der Waals surface area contributed by atoms with Crippen LogP contribution >= 0.6 is 0 Å². The van der Waals surface area contributed by atoms with Crippen molar-refractivity contribution in [1.82, 2.24) is 5.01 Å². The van der Waals surface area contributed by atoms with E-state index in [1.54, 1.807) is 26.1 Å². The number of carbonyl (C=O) groups is 1. The van der Waals surface area contributed by atoms with Gasteiger partial charge in [0, 0.05) is 7.05 Å². The normalized spacial score (nSPS) is 19.7. The maximum absolute atomic E-state index is 12.9. The van der Waals surface area contributed by atoms with Crippen LogP contribution in [0.15, 0.2) is 34.5 Å². The Hall–Kier alpha value is -2.24. The molecule has 1 atom stereocenters. The fourth-order valence-corrected chi connectivity index (χ4v) is 1.99. The van der Waals surface area contributed by atoms with Gasteiger partial charge in [0.2, 0.25) is 0 Å². The lowest BCUT2D eigenvalue weighted by molar-refractivity contribution is -0.128. The van der Waals surface area contributed by atoms with Crippen LogP contribution < -0.4 is 0 Å². The number of nitrogens with zero attached hydrogens (tertiary/aromatic N) is 3. The zero-order valence-electron chi connectivity index (χ0n) is 10.9. The lowest BCUT2D eigenvalue weighted by Gasteiger charge is -2.10. The molecule has 100 valence electrons. The Morgan fingerprint density at radius 1 is 1.42 bits per heavy atom. The molecular formula is C13H14FN3O2. The van der Waals surface area contributed by atoms with Crippen LogP contribution in [0.25, 0.3) is 0 Å². The van der Waals surface area contributed by atoms with Gasteiger partial charge in [-0.3, -0.25) is 4.79 Å². The molecule has 0 bridgehead atoms. The molecule has 19 heavy (non-hydrogen) atoms. The van der Waals surface area contributed by atoms with Crippen molar-refractivity contribution < 1.29 is 14.0 Å². The SMILES string of the molecule is CON=C(C)C1C(=O)N(C)N=C1c1ccc(F)cc1. The van der Waals surface area contributed by atoms with E-state index in [2.05, 4.69) is 10.3 Å². The summed E-state index contributed by atoms with van der Waals surface area (Å²) in [4.78, 5) is 16.8. The van der Waals surface area contributed by atoms with Crippen LogP contribution in [0.5, 0.6) is 0 Å². The summed E-state index contributed by atoms with van der Waals surface area (Å²) >= 11 is 0. The number of hydrazone groups is 1. The molecule has 1 heterocycles. The van der Waals surface area contributed by atoms with Gasteiger partial charge in [-0.1, -0.05) is 17.3 Å². The van der Waals surface area contributed by atoms with Gasteiger partial charge in [-0.2, -0.15) is 5.10 Å². The Bertz CT molecular complexity index is 552. The molecule has 0 aromatic heterocycles. The highest BCUT2D eigenvalue weighted by Crippen LogP contribution is 2.21. The highest BCUT2D eigenvalue weighted by atomic mass is 19.1. The number of benzene rings is 1. The van der Waals surface area contributed by atoms with Gasteiger partial charge in [-0.25, -0.2) is 9.40 Å². The summed E-state index contributed by atoms with van der Waals surface area (Å²) in [5.41, 5.74) is 1.75. The molecule has 0 spiro atoms. The van der Waals surface area contributed by atoms with E-state index in [1.807, 2.05) is 0 Å². The average Bonchev–Trinajstić information content (AvgIpc) is 2.67. The second kappa shape index (κ2) is 5.17. The number of hydrogen-bond acceptors (Lipinski definition) is 4. The third-order valence-corrected chi connectivity index (χ3v) is 2.89. The number of rotatable bonds is 3. The quantitative estimate of drug-likeness (QED) is 0.615. The molecule has 0 fully saturated rings. The summed E-state index contributed by atoms with van der Waals surface area (Å²) in [6, 6.07) is 5.85. The fraction of sp³-hybridized carbons (Fsp3) is 0.308. The standard InChI is InChI=1S/C13H14FN3O2/c1-8(16-19-3)11-12(15-17(2)13(11)18)9-4-6-10(14)7-5-9/h4-7,11H,1-3H3. The minimum atomic E-state index is -0.588. The molecular weight excluding hydrogens is 249 g/mol. The van der Waals surface area contributed by atoms with Gasteiger partial charge in [-0.05, 0) is 24.6 Å². The van der Waals surface area contributed by atoms with Crippen LogP contribution in [0.1, 0.15) is 12.5 Å². The van der Waals surface area contributed by atoms with Crippen LogP contribution in [-0.4, -0.2) is 36.5 Å². The first-order chi connectivity index (χ1) is 9.04. The summed E-state index contributed by atoms with van der Waals surface area (Å²) in [6.45, 7) is 1.70. The van der Waals surface area contributed by atoms with Crippen LogP contribution in [0, 0.1) is 11.7 Å². The van der Waals surface area contributed by atoms with E-state index >= 15 is 0 Å². The Kier molecular flexibility index (Phi) is 3.59. The fourth-order valence-electron chi connectivity index (χ4n) is 1.99. The van der Waals surface area contributed by atoms with Crippen molar-refractivity contribution in [3.05, 3.63) is 35.6 Å². The van der Waals surface area contributed by atoms with Gasteiger partial charge >= 0.3 is 0 Å². The molecule has 2 rings (SSSR count). The Morgan fingerprint density at radius 3 is 2.63 bits per heavy atom. The first kappa shape index (κ1) is 13.2. The predicted octanol–water partition coefficient (Wildman–Crippen LogP) is 1.64. The predicted molar refractivity (Wildman–Crippen MR) is 69.3 cm³/mol. The minimum absolute atomic E-state index is 0.183. The van der Waals surface area contributed by atoms with E-state index in [-0.39, 0.29) is 11.7 Å². The maximum atomic E-state index is 12.9. The molecule has 5 nitrogen and oxygen atoms in total. The molecule has 1 aliphatic heterocycles. The molecule has 6 heteroatoms. The first-order valence-electron chi connectivity index (χ1n) is 5.74. The van der Waals surface area contributed by atoms with Crippen molar-refractivity contribution in [3.8, 4) is 0 Å². The van der Waals surface area contributed by atoms with E-state index in [1.165, 1.54) is 24.3 Å². The molecule has 0 N–H and O–H groups in total. The van der Waals surface area contributed by atoms with Gasteiger partial charge in [0.05, 0.1) is 11.4 Å². The van der Waals surface area contributed by atoms with Crippen molar-refractivity contribution in [1.29, 1.82) is 0 Å². The highest BCUT2D eigenvalue weighted by molar-refractivity contribution is 6.28. The average molecular weight is 263 g/mol. The van der Waals surface area contributed by atoms with Gasteiger partial charge in [0.1, 0.15) is 18.8 Å². The molecule has 1 aromatic carbocycles. The molecule has 0 radical (unpaired) electrons. The lowest BCUT2D eigenvalue weighted by Crippen LogP contribution is -2.30. The van der Waals surface area contributed by atoms with E-state index in [9.17, 15) is 9.18 Å². The number of oxime groups is 1. The number of halogens is 1. The molecule has 1 aromatic rings. The second-order valence-corrected chi connectivity index (χ2v) is 4.20. The van der Waals surface area contributed by atoms with Gasteiger partial charge in [0.25, 0.3) is 5.91 Å². The van der Waals surface area contributed by atoms with Crippen LogP contribution in [-0.2, 0) is 9.63 Å². The summed E-state index contributed by atoms with van der Waals surface area (Å²) in [5, 5.41) is 9.26. The van der Waals surface area contributed by atoms with Gasteiger partial charge in [-0.15, -0.1) is 0 Å². The Morgan fingerprint density at radius 2 is 2.05 bits per heavy atom. The molecule has 0 saturated heterocycles. The topological polar surface area (TPSA) is 54.3 Å². The number of carbonyl (C=O) groups excluding carboxylic acids is 1. The van der Waals surface area contributed by atoms with Crippen LogP contribution in [0.3, 0.4) is 0 Å². The molecule has 1 unspecified atom stereocenters. The summed E-state index contributed by atoms with van der Waals surface area (Å²) in [7, 11) is 2.99. The molecule has 0 aliphatic carbocycles. The maximum Gasteiger partial charge on any atom is 0.257 e. The van der Waals surface area contributed by atoms with Crippen LogP contribution in [0.2, 0.25) is 0 Å². The summed E-state index contributed by atoms with van der Waals surface area (Å²) in [5.74, 6) is -1.10. The molecule has 0 saturated carbocycles. The van der Waals surface area contributed by atoms with Crippen molar-refractivity contribution in [2.45, 2.75) is 6.92 Å². The van der Waals surface area contributed by atoms with Gasteiger partial charge < -0.3 is 4.84 Å². The van der Waals surface area contributed by atoms with E-state index in [0.29, 0.717) is 17.0 Å². The summed E-state index contributed by atoms with van der Waals surface area (Å²) < 4.78 is 12.9. The molecule has 1 amide bonds. The van der Waals surface area contributed by atoms with Crippen molar-refractivity contribution >= 4 is 17.3 Å². The largest absolute Gasteiger partial charge is 0.399 e. The van der Waals surface area contributed by atoms with Crippen molar-refractivity contribution in [3.63, 3.8) is 0 Å². The van der Waals surface area contributed by atoms with Crippen LogP contribution in [0.4, 0.5) is 4.39 Å². The van der Waals surface area contributed by atoms with E-state index < -0.39 is 5.92 Å². The Balaban J connectivity index is 2.42. The lowest BCUT2D eigenvalue weighted by atomic mass is 9.93. The third-order valence-electron chi connectivity index (χ3n) is 2.89. The second-order valence-electron chi connectivity index (χ2n) is 4.20. The van der Waals surface area contributed by atoms with Gasteiger partial charge in [0.15, 0.2) is 0 Å². The minimum Gasteiger partial charge on any atom is -0.399 e. The Labute approximate surface area is 110 Å². The zero-order valence-corrected chi connectivity index (χ0v) is 10.9. The van der Waals surface area contributed by atoms with E-state index in [0.717, 1.165) is 0 Å². The monoisotopic (exact) mass is 263 g/mol. The molecule has 1 aliphatic rings. The van der Waals surface area contributed by atoms with Crippen molar-refractivity contribution in [2.24, 2.45) is 16.2 Å². The van der Waals surface area contributed by atoms with Crippen molar-refractivity contribution in [2.75, 3.05) is 14.2 Å². The third kappa shape index (κ3) is 2.47. The summed E-state index contributed by atoms with van der Waals surface area (Å²) in [6.07, 6.45) is 0.